The van der Waals surface area contributed by atoms with Crippen molar-refractivity contribution in [3.8, 4) is 11.1 Å². The molecule has 0 aliphatic heterocycles. The molecule has 1 atom stereocenters. The smallest absolute Gasteiger partial charge is 0.104 e. The first-order valence-corrected chi connectivity index (χ1v) is 8.04. The maximum absolute atomic E-state index is 10.5. The van der Waals surface area contributed by atoms with E-state index in [1.54, 1.807) is 0 Å². The van der Waals surface area contributed by atoms with Gasteiger partial charge in [-0.3, -0.25) is 0 Å². The fourth-order valence-electron chi connectivity index (χ4n) is 2.82. The van der Waals surface area contributed by atoms with Crippen LogP contribution in [0.3, 0.4) is 0 Å². The number of aliphatic hydroxyl groups is 1. The van der Waals surface area contributed by atoms with Crippen LogP contribution in [-0.2, 0) is 0 Å². The maximum Gasteiger partial charge on any atom is 0.104 e. The first kappa shape index (κ1) is 15.8. The second kappa shape index (κ2) is 6.57. The van der Waals surface area contributed by atoms with Crippen molar-refractivity contribution in [1.82, 2.24) is 0 Å². The first-order chi connectivity index (χ1) is 11.1. The molecule has 0 saturated carbocycles. The Kier molecular flexibility index (Phi) is 4.51. The number of hydrogen-bond donors (Lipinski definition) is 1. The first-order valence-electron chi connectivity index (χ1n) is 7.66. The zero-order valence-corrected chi connectivity index (χ0v) is 14.0. The van der Waals surface area contributed by atoms with Gasteiger partial charge in [-0.15, -0.1) is 0 Å². The van der Waals surface area contributed by atoms with Crippen LogP contribution in [0.1, 0.15) is 28.4 Å². The molecule has 0 spiro atoms. The van der Waals surface area contributed by atoms with Gasteiger partial charge in [0.25, 0.3) is 0 Å². The number of benzene rings is 3. The Morgan fingerprint density at radius 2 is 1.52 bits per heavy atom. The summed E-state index contributed by atoms with van der Waals surface area (Å²) < 4.78 is 0. The summed E-state index contributed by atoms with van der Waals surface area (Å²) in [7, 11) is 0. The molecular formula is C21H19ClO. The molecule has 0 radical (unpaired) electrons. The van der Waals surface area contributed by atoms with E-state index in [0.717, 1.165) is 38.4 Å². The van der Waals surface area contributed by atoms with Gasteiger partial charge in [0.2, 0.25) is 0 Å². The minimum atomic E-state index is -0.601. The van der Waals surface area contributed by atoms with Gasteiger partial charge < -0.3 is 5.11 Å². The molecule has 3 rings (SSSR count). The predicted molar refractivity (Wildman–Crippen MR) is 96.9 cm³/mol. The van der Waals surface area contributed by atoms with Crippen molar-refractivity contribution in [1.29, 1.82) is 0 Å². The van der Waals surface area contributed by atoms with E-state index in [4.69, 9.17) is 11.6 Å². The molecule has 1 unspecified atom stereocenters. The number of halogens is 1. The van der Waals surface area contributed by atoms with Crippen molar-refractivity contribution in [2.45, 2.75) is 20.0 Å². The zero-order chi connectivity index (χ0) is 16.4. The van der Waals surface area contributed by atoms with Crippen LogP contribution in [0, 0.1) is 13.8 Å². The highest BCUT2D eigenvalue weighted by Gasteiger charge is 2.12. The lowest BCUT2D eigenvalue weighted by molar-refractivity contribution is 0.220. The second-order valence-corrected chi connectivity index (χ2v) is 6.26. The van der Waals surface area contributed by atoms with Crippen LogP contribution in [0.4, 0.5) is 0 Å². The van der Waals surface area contributed by atoms with E-state index in [2.05, 4.69) is 25.1 Å². The third kappa shape index (κ3) is 3.31. The molecule has 0 saturated heterocycles. The maximum atomic E-state index is 10.5. The fourth-order valence-corrected chi connectivity index (χ4v) is 2.94. The monoisotopic (exact) mass is 322 g/mol. The van der Waals surface area contributed by atoms with E-state index in [1.807, 2.05) is 55.5 Å². The number of hydrogen-bond acceptors (Lipinski definition) is 1. The van der Waals surface area contributed by atoms with Crippen molar-refractivity contribution >= 4 is 11.6 Å². The quantitative estimate of drug-likeness (QED) is 0.655. The van der Waals surface area contributed by atoms with E-state index in [-0.39, 0.29) is 0 Å². The molecule has 3 aromatic carbocycles. The van der Waals surface area contributed by atoms with Gasteiger partial charge in [0.05, 0.1) is 0 Å². The summed E-state index contributed by atoms with van der Waals surface area (Å²) in [5.41, 5.74) is 6.32. The molecule has 0 fully saturated rings. The Hall–Kier alpha value is -2.09. The van der Waals surface area contributed by atoms with Crippen LogP contribution >= 0.6 is 11.6 Å². The molecular weight excluding hydrogens is 304 g/mol. The van der Waals surface area contributed by atoms with Crippen LogP contribution in [0.5, 0.6) is 0 Å². The van der Waals surface area contributed by atoms with Crippen molar-refractivity contribution in [2.75, 3.05) is 0 Å². The lowest BCUT2D eigenvalue weighted by Crippen LogP contribution is -2.00. The minimum absolute atomic E-state index is 0.601. The Morgan fingerprint density at radius 3 is 2.17 bits per heavy atom. The summed E-state index contributed by atoms with van der Waals surface area (Å²) >= 11 is 6.11. The van der Waals surface area contributed by atoms with Crippen LogP contribution < -0.4 is 0 Å². The standard InChI is InChI=1S/C21H19ClO/c1-14-12-18(21(23)16-6-4-3-5-7-16)8-10-19(14)17-9-11-20(22)15(2)13-17/h3-13,21,23H,1-2H3. The van der Waals surface area contributed by atoms with Crippen LogP contribution in [-0.4, -0.2) is 5.11 Å². The molecule has 0 aliphatic rings. The Balaban J connectivity index is 1.96. The van der Waals surface area contributed by atoms with Crippen molar-refractivity contribution < 1.29 is 5.11 Å². The van der Waals surface area contributed by atoms with Gasteiger partial charge >= 0.3 is 0 Å². The molecule has 0 bridgehead atoms. The van der Waals surface area contributed by atoms with Gasteiger partial charge in [-0.2, -0.15) is 0 Å². The van der Waals surface area contributed by atoms with E-state index in [1.165, 1.54) is 0 Å². The largest absolute Gasteiger partial charge is 0.384 e. The molecule has 23 heavy (non-hydrogen) atoms. The van der Waals surface area contributed by atoms with Crippen LogP contribution in [0.15, 0.2) is 66.7 Å². The summed E-state index contributed by atoms with van der Waals surface area (Å²) in [6, 6.07) is 21.9. The SMILES string of the molecule is Cc1cc(-c2ccc(C(O)c3ccccc3)cc2C)ccc1Cl. The zero-order valence-electron chi connectivity index (χ0n) is 13.3. The highest BCUT2D eigenvalue weighted by molar-refractivity contribution is 6.31. The molecule has 0 aromatic heterocycles. The van der Waals surface area contributed by atoms with Gasteiger partial charge in [-0.1, -0.05) is 66.2 Å². The number of aliphatic hydroxyl groups excluding tert-OH is 1. The van der Waals surface area contributed by atoms with Gasteiger partial charge in [0.15, 0.2) is 0 Å². The van der Waals surface area contributed by atoms with Gasteiger partial charge in [0.1, 0.15) is 6.10 Å². The summed E-state index contributed by atoms with van der Waals surface area (Å²) in [5, 5.41) is 11.3. The molecule has 1 nitrogen and oxygen atoms in total. The molecule has 1 N–H and O–H groups in total. The van der Waals surface area contributed by atoms with Crippen molar-refractivity contribution in [2.24, 2.45) is 0 Å². The highest BCUT2D eigenvalue weighted by atomic mass is 35.5. The third-order valence-corrected chi connectivity index (χ3v) is 4.57. The van der Waals surface area contributed by atoms with Crippen molar-refractivity contribution in [3.05, 3.63) is 94.0 Å². The third-order valence-electron chi connectivity index (χ3n) is 4.15. The van der Waals surface area contributed by atoms with Gasteiger partial charge in [0, 0.05) is 5.02 Å². The second-order valence-electron chi connectivity index (χ2n) is 5.85. The minimum Gasteiger partial charge on any atom is -0.384 e. The molecule has 2 heteroatoms. The Morgan fingerprint density at radius 1 is 0.783 bits per heavy atom. The van der Waals surface area contributed by atoms with Crippen molar-refractivity contribution in [3.63, 3.8) is 0 Å². The van der Waals surface area contributed by atoms with E-state index in [0.29, 0.717) is 0 Å². The highest BCUT2D eigenvalue weighted by Crippen LogP contribution is 2.30. The molecule has 0 heterocycles. The average molecular weight is 323 g/mol. The fraction of sp³-hybridized carbons (Fsp3) is 0.143. The summed E-state index contributed by atoms with van der Waals surface area (Å²) in [4.78, 5) is 0. The predicted octanol–water partition coefficient (Wildman–Crippen LogP) is 5.71. The molecule has 0 amide bonds. The van der Waals surface area contributed by atoms with Crippen LogP contribution in [0.2, 0.25) is 5.02 Å². The Bertz CT molecular complexity index is 825. The van der Waals surface area contributed by atoms with E-state index >= 15 is 0 Å². The summed E-state index contributed by atoms with van der Waals surface area (Å²) in [5.74, 6) is 0. The molecule has 0 aliphatic carbocycles. The van der Waals surface area contributed by atoms with E-state index < -0.39 is 6.10 Å². The summed E-state index contributed by atoms with van der Waals surface area (Å²) in [6.07, 6.45) is -0.601. The molecule has 3 aromatic rings. The van der Waals surface area contributed by atoms with E-state index in [9.17, 15) is 5.11 Å². The number of rotatable bonds is 3. The lowest BCUT2D eigenvalue weighted by Gasteiger charge is -2.15. The summed E-state index contributed by atoms with van der Waals surface area (Å²) in [6.45, 7) is 4.08. The Labute approximate surface area is 142 Å². The molecule has 116 valence electrons. The normalized spacial score (nSPS) is 12.2. The van der Waals surface area contributed by atoms with Gasteiger partial charge in [-0.25, -0.2) is 0 Å². The van der Waals surface area contributed by atoms with Gasteiger partial charge in [-0.05, 0) is 59.4 Å². The topological polar surface area (TPSA) is 20.2 Å². The average Bonchev–Trinajstić information content (AvgIpc) is 2.57. The lowest BCUT2D eigenvalue weighted by atomic mass is 9.94. The van der Waals surface area contributed by atoms with Crippen LogP contribution in [0.25, 0.3) is 11.1 Å². The number of aryl methyl sites for hydroxylation is 2.